The van der Waals surface area contributed by atoms with Gasteiger partial charge in [-0.15, -0.1) is 0 Å². The number of hydrogen-bond donors (Lipinski definition) is 8. The van der Waals surface area contributed by atoms with E-state index in [0.29, 0.717) is 98.3 Å². The van der Waals surface area contributed by atoms with Gasteiger partial charge in [0.05, 0.1) is 55.4 Å². The molecule has 10 aliphatic carbocycles. The van der Waals surface area contributed by atoms with E-state index in [1.54, 1.807) is 67.5 Å². The number of rotatable bonds is 13. The smallest absolute Gasteiger partial charge is 0.346 e. The van der Waals surface area contributed by atoms with Gasteiger partial charge in [-0.3, -0.25) is 28.8 Å². The number of Topliss-reactive ketones (excluding diaryl/α,β-unsaturated/α-hetero) is 2. The summed E-state index contributed by atoms with van der Waals surface area (Å²) < 4.78 is 80.9. The van der Waals surface area contributed by atoms with Crippen LogP contribution in [0.4, 0.5) is 28.9 Å². The molecule has 8 saturated carbocycles. The topological polar surface area (TPSA) is 345 Å². The summed E-state index contributed by atoms with van der Waals surface area (Å²) in [5.41, 5.74) is 1.57. The number of alkyl halides is 2. The van der Waals surface area contributed by atoms with Gasteiger partial charge in [-0.1, -0.05) is 87.0 Å². The summed E-state index contributed by atoms with van der Waals surface area (Å²) in [6.07, 6.45) is 16.8. The minimum atomic E-state index is -2.12. The SMILES string of the molecule is C[C@@H]1C[C@H]2[C@@H]3CCC4=CC(=O)C=C[C@]4(C)[C@@]3(F)[C@@H](O)C[C@]2(C)[C@@]1(O)C(=O)CO.Cc1c(F)c(N2CCCC[C@@H](N)C2)c(Cl)c2c1c(=O)c(C(=O)O)c(C)n2C1CC1.Cc1c(F)c(N2CCCC[C@@H](N)C2)c(Cl)c2c1c(=O)c(C(=O)OCOCC(=O)[C@@]1(O)[C@H](C)C[C@H]3[C@@H]4CCC5=CC(=O)C=C[C@]5(C)[C@@]4(F)[C@@H](O)C[C@@]31C)c(C)n2C1CC1. The van der Waals surface area contributed by atoms with Gasteiger partial charge in [-0.25, -0.2) is 27.2 Å². The number of aliphatic hydroxyl groups excluding tert-OH is 3. The molecule has 0 amide bonds. The number of halogens is 6. The van der Waals surface area contributed by atoms with Crippen LogP contribution in [0, 0.1) is 96.5 Å². The molecule has 28 heteroatoms. The third-order valence-electron chi connectivity index (χ3n) is 30.2. The number of aromatic carboxylic acids is 1. The molecule has 4 heterocycles. The zero-order valence-corrected chi connectivity index (χ0v) is 68.6. The number of pyridine rings is 2. The second-order valence-corrected chi connectivity index (χ2v) is 37.1. The molecular weight excluding hydrogens is 1530 g/mol. The average Bonchev–Trinajstić information content (AvgIpc) is 1.58. The monoisotopic (exact) mass is 1640 g/mol. The Morgan fingerprint density at radius 2 is 0.991 bits per heavy atom. The Morgan fingerprint density at radius 3 is 1.39 bits per heavy atom. The summed E-state index contributed by atoms with van der Waals surface area (Å²) in [7, 11) is 0. The number of carboxylic acids is 1. The van der Waals surface area contributed by atoms with E-state index in [0.717, 1.165) is 64.2 Å². The highest BCUT2D eigenvalue weighted by atomic mass is 35.5. The number of hydrogen-bond acceptors (Lipinski definition) is 19. The lowest BCUT2D eigenvalue weighted by molar-refractivity contribution is -0.220. The zero-order chi connectivity index (χ0) is 83.6. The standard InChI is InChI=1S/C44H54ClF2N3O8.C22H29FO5.C21H25ClFN3O3/c1-22-16-30-29-12-9-25-17-28(51)13-14-41(25,4)43(29,47)31(52)18-42(30,5)44(22,56)32(53)20-57-21-58-40(55)34-24(3)50(27-10-11-27)37-33(39(34)54)23(2)36(46)38(35(37)45)49-15-7-6-8-26(48)19-49;1-12-8-16-15-5-4-13-9-14(25)6-7-19(13,2)21(15,23)17(26)10-20(16,3)22(12,28)18(27)11-24;1-10-14-18(26(13-6-7-13)11(2)15(20(14)27)21(28)29)16(22)19(17(10)23)25-8-4-3-5-12(24)9-25/h13-14,17,22,26-27,29-31,52,56H,6-12,15-16,18-21,48H2,1-5H3;6-7,9,12,15-17,24,26,28H,4-5,8,10-11H2,1-3H3;12-13H,3-9,24H2,1-2H3,(H,28,29)/t22-,26-,29+,30+,31+,41+,42+,43+,44+;12-,15+,16+,17+,19+,20+,21+,22+;12-/m111/s1. The molecule has 18 atom stereocenters. The van der Waals surface area contributed by atoms with Crippen LogP contribution in [0.25, 0.3) is 21.8 Å². The van der Waals surface area contributed by atoms with Gasteiger partial charge in [0, 0.05) is 106 Å². The van der Waals surface area contributed by atoms with Crippen LogP contribution in [-0.4, -0.2) is 168 Å². The average molecular weight is 1640 g/mol. The van der Waals surface area contributed by atoms with Gasteiger partial charge >= 0.3 is 11.9 Å². The quantitative estimate of drug-likeness (QED) is 0.0267. The summed E-state index contributed by atoms with van der Waals surface area (Å²) in [4.78, 5) is 107. The molecule has 4 aromatic rings. The number of allylic oxidation sites excluding steroid dienone is 8. The molecule has 115 heavy (non-hydrogen) atoms. The Balaban J connectivity index is 0.000000159. The van der Waals surface area contributed by atoms with Crippen molar-refractivity contribution >= 4 is 91.5 Å². The van der Waals surface area contributed by atoms with E-state index in [4.69, 9.17) is 44.1 Å². The number of aryl methyl sites for hydroxylation is 2. The molecule has 2 aromatic heterocycles. The van der Waals surface area contributed by atoms with E-state index in [-0.39, 0.29) is 109 Å². The first-order valence-electron chi connectivity index (χ1n) is 40.9. The number of carbonyl (C=O) groups excluding carboxylic acids is 5. The van der Waals surface area contributed by atoms with E-state index in [9.17, 15) is 69.0 Å². The van der Waals surface area contributed by atoms with Crippen molar-refractivity contribution in [1.82, 2.24) is 9.13 Å². The largest absolute Gasteiger partial charge is 0.477 e. The van der Waals surface area contributed by atoms with Crippen LogP contribution in [0.2, 0.25) is 10.0 Å². The molecular formula is C87H108Cl2F4N6O16. The highest BCUT2D eigenvalue weighted by Gasteiger charge is 2.77. The number of aliphatic hydroxyl groups is 5. The first-order chi connectivity index (χ1) is 54.0. The molecule has 10 N–H and O–H groups in total. The van der Waals surface area contributed by atoms with Crippen LogP contribution in [0.15, 0.2) is 57.2 Å². The first kappa shape index (κ1) is 84.5. The van der Waals surface area contributed by atoms with E-state index in [1.165, 1.54) is 38.2 Å². The summed E-state index contributed by atoms with van der Waals surface area (Å²) in [6, 6.07) is -0.236. The number of aromatic nitrogens is 2. The van der Waals surface area contributed by atoms with Gasteiger partial charge in [0.25, 0.3) is 0 Å². The number of benzene rings is 2. The Bertz CT molecular complexity index is 5040. The fourth-order valence-corrected chi connectivity index (χ4v) is 24.7. The van der Waals surface area contributed by atoms with Crippen molar-refractivity contribution in [3.8, 4) is 0 Å². The predicted octanol–water partition coefficient (Wildman–Crippen LogP) is 11.8. The summed E-state index contributed by atoms with van der Waals surface area (Å²) in [5, 5.41) is 65.9. The maximum Gasteiger partial charge on any atom is 0.346 e. The van der Waals surface area contributed by atoms with Crippen molar-refractivity contribution in [1.29, 1.82) is 0 Å². The van der Waals surface area contributed by atoms with Crippen molar-refractivity contribution in [3.63, 3.8) is 0 Å². The molecule has 22 nitrogen and oxygen atoms in total. The van der Waals surface area contributed by atoms with Crippen molar-refractivity contribution in [2.45, 2.75) is 244 Å². The summed E-state index contributed by atoms with van der Waals surface area (Å²) >= 11 is 13.8. The van der Waals surface area contributed by atoms with Gasteiger partial charge in [0.15, 0.2) is 52.9 Å². The van der Waals surface area contributed by atoms with Crippen LogP contribution < -0.4 is 32.1 Å². The van der Waals surface area contributed by atoms with Gasteiger partial charge in [0.1, 0.15) is 35.5 Å². The Morgan fingerprint density at radius 1 is 0.591 bits per heavy atom. The van der Waals surface area contributed by atoms with Crippen LogP contribution in [0.5, 0.6) is 0 Å². The Labute approximate surface area is 675 Å². The van der Waals surface area contributed by atoms with Crippen LogP contribution >= 0.6 is 23.2 Å². The van der Waals surface area contributed by atoms with Crippen LogP contribution in [-0.2, 0) is 28.7 Å². The second-order valence-electron chi connectivity index (χ2n) is 36.4. The number of ether oxygens (including phenoxy) is 2. The van der Waals surface area contributed by atoms with Crippen molar-refractivity contribution in [2.24, 2.45) is 68.6 Å². The van der Waals surface area contributed by atoms with Gasteiger partial charge in [-0.05, 0) is 192 Å². The van der Waals surface area contributed by atoms with Crippen molar-refractivity contribution in [2.75, 3.05) is 56.0 Å². The fraction of sp³-hybridized carbons (Fsp3) is 0.632. The summed E-state index contributed by atoms with van der Waals surface area (Å²) in [5.74, 6) is -8.33. The Kier molecular flexibility index (Phi) is 22.1. The van der Waals surface area contributed by atoms with Crippen LogP contribution in [0.3, 0.4) is 0 Å². The van der Waals surface area contributed by atoms with E-state index >= 15 is 17.6 Å². The molecule has 0 bridgehead atoms. The number of ketones is 4. The molecule has 624 valence electrons. The summed E-state index contributed by atoms with van der Waals surface area (Å²) in [6.45, 7) is 16.7. The normalized spacial score (nSPS) is 36.0. The van der Waals surface area contributed by atoms with Gasteiger partial charge < -0.3 is 70.5 Å². The number of carbonyl (C=O) groups is 6. The molecule has 16 rings (SSSR count). The number of fused-ring (bicyclic) bond motifs is 12. The predicted molar refractivity (Wildman–Crippen MR) is 426 cm³/mol. The number of anilines is 2. The van der Waals surface area contributed by atoms with Gasteiger partial charge in [0.2, 0.25) is 10.9 Å². The number of nitrogens with two attached hydrogens (primary N) is 2. The third kappa shape index (κ3) is 12.6. The maximum atomic E-state index is 17.6. The molecule has 2 aromatic carbocycles. The lowest BCUT2D eigenvalue weighted by Gasteiger charge is -2.62. The second kappa shape index (κ2) is 30.1. The number of nitrogens with zero attached hydrogens (tertiary/aromatic N) is 4. The first-order valence-corrected chi connectivity index (χ1v) is 41.6. The highest BCUT2D eigenvalue weighted by molar-refractivity contribution is 6.39. The fourth-order valence-electron chi connectivity index (χ4n) is 23.9. The molecule has 12 aliphatic rings. The molecule has 2 aliphatic heterocycles. The van der Waals surface area contributed by atoms with E-state index in [2.05, 4.69) is 0 Å². The lowest BCUT2D eigenvalue weighted by Crippen LogP contribution is -2.69. The lowest BCUT2D eigenvalue weighted by atomic mass is 9.44. The van der Waals surface area contributed by atoms with E-state index < -0.39 is 152 Å². The number of esters is 1. The van der Waals surface area contributed by atoms with E-state index in [1.807, 2.05) is 18.9 Å². The zero-order valence-electron chi connectivity index (χ0n) is 67.0. The molecule has 10 fully saturated rings. The Hall–Kier alpha value is -6.98. The minimum absolute atomic E-state index is 0.00895. The van der Waals surface area contributed by atoms with Crippen molar-refractivity contribution < 1.29 is 86.4 Å². The van der Waals surface area contributed by atoms with Gasteiger partial charge in [-0.2, -0.15) is 0 Å². The number of carboxylic acid groups (broad SMARTS) is 1. The highest BCUT2D eigenvalue weighted by Crippen LogP contribution is 2.73. The molecule has 0 spiro atoms. The maximum absolute atomic E-state index is 17.6. The minimum Gasteiger partial charge on any atom is -0.477 e. The van der Waals surface area contributed by atoms with Crippen molar-refractivity contribution in [3.05, 3.63) is 123 Å². The molecule has 2 saturated heterocycles. The molecule has 0 radical (unpaired) electrons. The van der Waals surface area contributed by atoms with Crippen LogP contribution in [0.1, 0.15) is 212 Å². The molecule has 0 unspecified atom stereocenters. The third-order valence-corrected chi connectivity index (χ3v) is 30.9.